The fourth-order valence-corrected chi connectivity index (χ4v) is 2.82. The molecule has 0 heterocycles. The van der Waals surface area contributed by atoms with Crippen molar-refractivity contribution in [1.82, 2.24) is 4.90 Å². The van der Waals surface area contributed by atoms with Crippen molar-refractivity contribution in [2.45, 2.75) is 70.8 Å². The van der Waals surface area contributed by atoms with Crippen molar-refractivity contribution >= 4 is 5.91 Å². The minimum absolute atomic E-state index is 0.325. The molecule has 0 spiro atoms. The Bertz CT molecular complexity index is 235. The monoisotopic (exact) mass is 254 g/mol. The van der Waals surface area contributed by atoms with Crippen LogP contribution in [0.15, 0.2) is 0 Å². The van der Waals surface area contributed by atoms with Gasteiger partial charge in [-0.3, -0.25) is 4.79 Å². The minimum atomic E-state index is 0.325. The molecule has 1 atom stereocenters. The molecule has 0 aromatic heterocycles. The van der Waals surface area contributed by atoms with Crippen molar-refractivity contribution < 1.29 is 4.79 Å². The molecule has 3 heteroatoms. The van der Waals surface area contributed by atoms with Gasteiger partial charge in [-0.2, -0.15) is 0 Å². The van der Waals surface area contributed by atoms with Gasteiger partial charge in [0.25, 0.3) is 0 Å². The Labute approximate surface area is 112 Å². The molecule has 1 fully saturated rings. The van der Waals surface area contributed by atoms with Crippen LogP contribution in [-0.2, 0) is 4.79 Å². The molecule has 1 amide bonds. The highest BCUT2D eigenvalue weighted by Crippen LogP contribution is 2.22. The summed E-state index contributed by atoms with van der Waals surface area (Å²) in [5.74, 6) is 0.896. The Morgan fingerprint density at radius 3 is 2.39 bits per heavy atom. The van der Waals surface area contributed by atoms with Crippen molar-refractivity contribution in [3.63, 3.8) is 0 Å². The summed E-state index contributed by atoms with van der Waals surface area (Å²) < 4.78 is 0. The first-order valence-corrected chi connectivity index (χ1v) is 7.61. The lowest BCUT2D eigenvalue weighted by Gasteiger charge is -2.27. The van der Waals surface area contributed by atoms with E-state index in [2.05, 4.69) is 6.92 Å². The number of carbonyl (C=O) groups excluding carboxylic acids is 1. The van der Waals surface area contributed by atoms with E-state index in [1.54, 1.807) is 0 Å². The standard InChI is InChI=1S/C15H30N2O/c1-13(11-12-16)9-10-15(18)17(2)14-7-5-3-4-6-8-14/h13-14H,3-12,16H2,1-2H3. The Morgan fingerprint density at radius 2 is 1.83 bits per heavy atom. The molecule has 1 aliphatic rings. The molecule has 0 aliphatic heterocycles. The van der Waals surface area contributed by atoms with Gasteiger partial charge in [0, 0.05) is 19.5 Å². The van der Waals surface area contributed by atoms with Crippen LogP contribution in [0.25, 0.3) is 0 Å². The summed E-state index contributed by atoms with van der Waals surface area (Å²) in [6, 6.07) is 0.491. The second-order valence-corrected chi connectivity index (χ2v) is 5.87. The van der Waals surface area contributed by atoms with Crippen LogP contribution in [0.4, 0.5) is 0 Å². The van der Waals surface area contributed by atoms with Gasteiger partial charge in [0.2, 0.25) is 5.91 Å². The molecule has 0 radical (unpaired) electrons. The summed E-state index contributed by atoms with van der Waals surface area (Å²) >= 11 is 0. The van der Waals surface area contributed by atoms with Crippen LogP contribution in [0, 0.1) is 5.92 Å². The van der Waals surface area contributed by atoms with Crippen LogP contribution >= 0.6 is 0 Å². The smallest absolute Gasteiger partial charge is 0.222 e. The van der Waals surface area contributed by atoms with Crippen molar-refractivity contribution in [3.05, 3.63) is 0 Å². The second-order valence-electron chi connectivity index (χ2n) is 5.87. The van der Waals surface area contributed by atoms with Crippen molar-refractivity contribution in [2.24, 2.45) is 11.7 Å². The number of nitrogens with two attached hydrogens (primary N) is 1. The zero-order valence-corrected chi connectivity index (χ0v) is 12.2. The third-order valence-corrected chi connectivity index (χ3v) is 4.28. The van der Waals surface area contributed by atoms with Gasteiger partial charge in [0.1, 0.15) is 0 Å². The van der Waals surface area contributed by atoms with Crippen molar-refractivity contribution in [3.8, 4) is 0 Å². The minimum Gasteiger partial charge on any atom is -0.343 e. The predicted molar refractivity (Wildman–Crippen MR) is 76.3 cm³/mol. The number of rotatable bonds is 6. The molecule has 3 nitrogen and oxygen atoms in total. The Balaban J connectivity index is 2.30. The zero-order chi connectivity index (χ0) is 13.4. The Kier molecular flexibility index (Phi) is 7.33. The Morgan fingerprint density at radius 1 is 1.22 bits per heavy atom. The first-order valence-electron chi connectivity index (χ1n) is 7.61. The van der Waals surface area contributed by atoms with Gasteiger partial charge in [0.15, 0.2) is 0 Å². The predicted octanol–water partition coefficient (Wildman–Crippen LogP) is 2.93. The quantitative estimate of drug-likeness (QED) is 0.741. The van der Waals surface area contributed by atoms with Gasteiger partial charge in [0.05, 0.1) is 0 Å². The molecule has 1 aliphatic carbocycles. The topological polar surface area (TPSA) is 46.3 Å². The van der Waals surface area contributed by atoms with Gasteiger partial charge < -0.3 is 10.6 Å². The summed E-state index contributed by atoms with van der Waals surface area (Å²) in [5.41, 5.74) is 5.53. The van der Waals surface area contributed by atoms with E-state index in [4.69, 9.17) is 5.73 Å². The molecular formula is C15H30N2O. The van der Waals surface area contributed by atoms with Crippen LogP contribution in [-0.4, -0.2) is 30.4 Å². The first-order chi connectivity index (χ1) is 8.65. The lowest BCUT2D eigenvalue weighted by molar-refractivity contribution is -0.132. The summed E-state index contributed by atoms with van der Waals surface area (Å²) in [6.07, 6.45) is 10.3. The number of nitrogens with zero attached hydrogens (tertiary/aromatic N) is 1. The van der Waals surface area contributed by atoms with Crippen LogP contribution in [0.5, 0.6) is 0 Å². The fraction of sp³-hybridized carbons (Fsp3) is 0.933. The van der Waals surface area contributed by atoms with Crippen LogP contribution in [0.1, 0.15) is 64.7 Å². The average Bonchev–Trinajstić information content (AvgIpc) is 2.64. The Hall–Kier alpha value is -0.570. The molecular weight excluding hydrogens is 224 g/mol. The highest BCUT2D eigenvalue weighted by atomic mass is 16.2. The zero-order valence-electron chi connectivity index (χ0n) is 12.2. The van der Waals surface area contributed by atoms with E-state index >= 15 is 0 Å². The number of hydrogen-bond acceptors (Lipinski definition) is 2. The molecule has 1 saturated carbocycles. The first kappa shape index (κ1) is 15.5. The third kappa shape index (κ3) is 5.38. The van der Waals surface area contributed by atoms with Crippen LogP contribution in [0.3, 0.4) is 0 Å². The van der Waals surface area contributed by atoms with Gasteiger partial charge >= 0.3 is 0 Å². The maximum atomic E-state index is 12.2. The summed E-state index contributed by atoms with van der Waals surface area (Å²) in [4.78, 5) is 14.2. The fourth-order valence-electron chi connectivity index (χ4n) is 2.82. The van der Waals surface area contributed by atoms with Crippen LogP contribution in [0.2, 0.25) is 0 Å². The molecule has 106 valence electrons. The lowest BCUT2D eigenvalue weighted by Crippen LogP contribution is -2.36. The summed E-state index contributed by atoms with van der Waals surface area (Å²) in [7, 11) is 1.99. The summed E-state index contributed by atoms with van der Waals surface area (Å²) in [5, 5.41) is 0. The van der Waals surface area contributed by atoms with Crippen molar-refractivity contribution in [2.75, 3.05) is 13.6 Å². The van der Waals surface area contributed by atoms with E-state index in [0.29, 0.717) is 24.3 Å². The second kappa shape index (κ2) is 8.52. The van der Waals surface area contributed by atoms with E-state index in [1.165, 1.54) is 38.5 Å². The van der Waals surface area contributed by atoms with E-state index in [9.17, 15) is 4.79 Å². The number of carbonyl (C=O) groups is 1. The van der Waals surface area contributed by atoms with Gasteiger partial charge in [-0.1, -0.05) is 32.6 Å². The maximum Gasteiger partial charge on any atom is 0.222 e. The average molecular weight is 254 g/mol. The molecule has 0 aromatic carbocycles. The summed E-state index contributed by atoms with van der Waals surface area (Å²) in [6.45, 7) is 2.92. The molecule has 18 heavy (non-hydrogen) atoms. The van der Waals surface area contributed by atoms with E-state index < -0.39 is 0 Å². The van der Waals surface area contributed by atoms with E-state index in [1.807, 2.05) is 11.9 Å². The molecule has 1 rings (SSSR count). The third-order valence-electron chi connectivity index (χ3n) is 4.28. The molecule has 2 N–H and O–H groups in total. The number of hydrogen-bond donors (Lipinski definition) is 1. The molecule has 0 bridgehead atoms. The molecule has 0 saturated heterocycles. The van der Waals surface area contributed by atoms with Crippen LogP contribution < -0.4 is 5.73 Å². The number of amides is 1. The molecule has 1 unspecified atom stereocenters. The van der Waals surface area contributed by atoms with E-state index in [-0.39, 0.29) is 0 Å². The van der Waals surface area contributed by atoms with Gasteiger partial charge in [-0.15, -0.1) is 0 Å². The van der Waals surface area contributed by atoms with Crippen molar-refractivity contribution in [1.29, 1.82) is 0 Å². The highest BCUT2D eigenvalue weighted by molar-refractivity contribution is 5.76. The largest absolute Gasteiger partial charge is 0.343 e. The SMILES string of the molecule is CC(CCN)CCC(=O)N(C)C1CCCCCC1. The van der Waals surface area contributed by atoms with Gasteiger partial charge in [-0.05, 0) is 38.1 Å². The van der Waals surface area contributed by atoms with Gasteiger partial charge in [-0.25, -0.2) is 0 Å². The highest BCUT2D eigenvalue weighted by Gasteiger charge is 2.21. The van der Waals surface area contributed by atoms with E-state index in [0.717, 1.165) is 19.4 Å². The lowest BCUT2D eigenvalue weighted by atomic mass is 10.0. The maximum absolute atomic E-state index is 12.2. The molecule has 0 aromatic rings. The normalized spacial score (nSPS) is 19.3.